The van der Waals surface area contributed by atoms with Crippen LogP contribution in [0, 0.1) is 5.92 Å². The third kappa shape index (κ3) is 2.76. The Labute approximate surface area is 101 Å². The lowest BCUT2D eigenvalue weighted by molar-refractivity contribution is -0.140. The van der Waals surface area contributed by atoms with Crippen molar-refractivity contribution in [3.63, 3.8) is 0 Å². The van der Waals surface area contributed by atoms with Crippen LogP contribution in [0.3, 0.4) is 0 Å². The predicted molar refractivity (Wildman–Crippen MR) is 65.9 cm³/mol. The fourth-order valence-corrected chi connectivity index (χ4v) is 2.33. The minimum Gasteiger partial charge on any atom is -0.481 e. The molecule has 1 aromatic carbocycles. The normalized spacial score (nSPS) is 12.8. The van der Waals surface area contributed by atoms with E-state index in [1.807, 2.05) is 26.0 Å². The molecule has 1 N–H and O–H groups in total. The van der Waals surface area contributed by atoms with Gasteiger partial charge < -0.3 is 5.11 Å². The monoisotopic (exact) mass is 240 g/mol. The molecule has 1 aromatic rings. The zero-order valence-electron chi connectivity index (χ0n) is 9.61. The summed E-state index contributed by atoms with van der Waals surface area (Å²) in [5.41, 5.74) is 0.727. The zero-order chi connectivity index (χ0) is 12.1. The number of carboxylic acids is 1. The Balaban J connectivity index is 3.12. The minimum absolute atomic E-state index is 0.136. The molecule has 2 nitrogen and oxygen atoms in total. The van der Waals surface area contributed by atoms with Crippen molar-refractivity contribution in [1.82, 2.24) is 0 Å². The van der Waals surface area contributed by atoms with Crippen molar-refractivity contribution in [2.75, 3.05) is 0 Å². The molecule has 0 amide bonds. The van der Waals surface area contributed by atoms with Crippen LogP contribution in [-0.4, -0.2) is 11.1 Å². The molecule has 0 aromatic heterocycles. The highest BCUT2D eigenvalue weighted by atomic mass is 35.5. The number of rotatable bonds is 5. The molecule has 3 heteroatoms. The molecule has 0 radical (unpaired) electrons. The Hall–Kier alpha value is -1.02. The summed E-state index contributed by atoms with van der Waals surface area (Å²) in [4.78, 5) is 11.4. The number of carbonyl (C=O) groups is 1. The van der Waals surface area contributed by atoms with Crippen LogP contribution < -0.4 is 0 Å². The van der Waals surface area contributed by atoms with Gasteiger partial charge in [-0.25, -0.2) is 0 Å². The molecular formula is C13H17ClO2. The first-order chi connectivity index (χ1) is 7.61. The first-order valence-electron chi connectivity index (χ1n) is 5.59. The maximum absolute atomic E-state index is 11.4. The van der Waals surface area contributed by atoms with Gasteiger partial charge in [0.1, 0.15) is 0 Å². The molecule has 0 spiro atoms. The number of halogens is 1. The third-order valence-electron chi connectivity index (χ3n) is 3.03. The van der Waals surface area contributed by atoms with Crippen LogP contribution in [0.1, 0.15) is 38.2 Å². The van der Waals surface area contributed by atoms with Gasteiger partial charge in [0.2, 0.25) is 0 Å². The maximum Gasteiger partial charge on any atom is 0.311 e. The van der Waals surface area contributed by atoms with E-state index in [0.29, 0.717) is 5.02 Å². The van der Waals surface area contributed by atoms with Crippen LogP contribution in [0.25, 0.3) is 0 Å². The summed E-state index contributed by atoms with van der Waals surface area (Å²) in [6.07, 6.45) is 1.69. The molecule has 0 aliphatic rings. The molecule has 0 aliphatic carbocycles. The molecule has 0 bridgehead atoms. The van der Waals surface area contributed by atoms with Crippen LogP contribution in [0.2, 0.25) is 5.02 Å². The van der Waals surface area contributed by atoms with E-state index in [4.69, 9.17) is 11.6 Å². The van der Waals surface area contributed by atoms with E-state index in [1.54, 1.807) is 12.1 Å². The maximum atomic E-state index is 11.4. The summed E-state index contributed by atoms with van der Waals surface area (Å²) >= 11 is 6.06. The highest BCUT2D eigenvalue weighted by Crippen LogP contribution is 2.33. The van der Waals surface area contributed by atoms with E-state index < -0.39 is 11.9 Å². The van der Waals surface area contributed by atoms with Crippen LogP contribution in [0.5, 0.6) is 0 Å². The van der Waals surface area contributed by atoms with Gasteiger partial charge >= 0.3 is 5.97 Å². The van der Waals surface area contributed by atoms with E-state index in [2.05, 4.69) is 0 Å². The minimum atomic E-state index is -0.790. The van der Waals surface area contributed by atoms with Gasteiger partial charge in [-0.05, 0) is 17.5 Å². The number of benzene rings is 1. The summed E-state index contributed by atoms with van der Waals surface area (Å²) in [7, 11) is 0. The summed E-state index contributed by atoms with van der Waals surface area (Å²) in [6.45, 7) is 4.03. The Kier molecular flexibility index (Phi) is 4.81. The molecule has 1 rings (SSSR count). The standard InChI is InChI=1S/C13H17ClO2/c1-3-9(4-2)12(13(15)16)10-7-5-6-8-11(10)14/h5-9,12H,3-4H2,1-2H3,(H,15,16). The van der Waals surface area contributed by atoms with Crippen molar-refractivity contribution in [1.29, 1.82) is 0 Å². The lowest BCUT2D eigenvalue weighted by Crippen LogP contribution is -2.21. The van der Waals surface area contributed by atoms with Gasteiger partial charge in [-0.1, -0.05) is 56.5 Å². The van der Waals surface area contributed by atoms with Gasteiger partial charge in [0.25, 0.3) is 0 Å². The van der Waals surface area contributed by atoms with Gasteiger partial charge in [0.05, 0.1) is 5.92 Å². The third-order valence-corrected chi connectivity index (χ3v) is 3.37. The number of aliphatic carboxylic acids is 1. The van der Waals surface area contributed by atoms with E-state index in [1.165, 1.54) is 0 Å². The SMILES string of the molecule is CCC(CC)C(C(=O)O)c1ccccc1Cl. The zero-order valence-corrected chi connectivity index (χ0v) is 10.4. The van der Waals surface area contributed by atoms with Crippen LogP contribution in [0.15, 0.2) is 24.3 Å². The van der Waals surface area contributed by atoms with Gasteiger partial charge in [-0.3, -0.25) is 4.79 Å². The smallest absolute Gasteiger partial charge is 0.311 e. The van der Waals surface area contributed by atoms with Crippen LogP contribution >= 0.6 is 11.6 Å². The highest BCUT2D eigenvalue weighted by Gasteiger charge is 2.28. The molecule has 16 heavy (non-hydrogen) atoms. The first-order valence-corrected chi connectivity index (χ1v) is 5.96. The van der Waals surface area contributed by atoms with Crippen molar-refractivity contribution >= 4 is 17.6 Å². The Morgan fingerprint density at radius 3 is 2.31 bits per heavy atom. The number of carboxylic acid groups (broad SMARTS) is 1. The largest absolute Gasteiger partial charge is 0.481 e. The second kappa shape index (κ2) is 5.90. The molecule has 0 saturated heterocycles. The Bertz CT molecular complexity index is 359. The molecule has 0 fully saturated rings. The topological polar surface area (TPSA) is 37.3 Å². The summed E-state index contributed by atoms with van der Waals surface area (Å²) in [5, 5.41) is 9.87. The van der Waals surface area contributed by atoms with Crippen LogP contribution in [-0.2, 0) is 4.79 Å². The molecule has 0 saturated carbocycles. The number of hydrogen-bond acceptors (Lipinski definition) is 1. The van der Waals surface area contributed by atoms with Crippen molar-refractivity contribution in [3.05, 3.63) is 34.9 Å². The van der Waals surface area contributed by atoms with Crippen molar-refractivity contribution in [2.24, 2.45) is 5.92 Å². The van der Waals surface area contributed by atoms with Crippen LogP contribution in [0.4, 0.5) is 0 Å². The highest BCUT2D eigenvalue weighted by molar-refractivity contribution is 6.31. The second-order valence-corrected chi connectivity index (χ2v) is 4.32. The van der Waals surface area contributed by atoms with E-state index in [0.717, 1.165) is 18.4 Å². The van der Waals surface area contributed by atoms with Gasteiger partial charge in [0.15, 0.2) is 0 Å². The fourth-order valence-electron chi connectivity index (χ4n) is 2.08. The lowest BCUT2D eigenvalue weighted by atomic mass is 9.83. The van der Waals surface area contributed by atoms with Crippen molar-refractivity contribution in [2.45, 2.75) is 32.6 Å². The van der Waals surface area contributed by atoms with Gasteiger partial charge in [0, 0.05) is 5.02 Å². The van der Waals surface area contributed by atoms with Crippen molar-refractivity contribution in [3.8, 4) is 0 Å². The Morgan fingerprint density at radius 1 is 1.31 bits per heavy atom. The van der Waals surface area contributed by atoms with E-state index in [9.17, 15) is 9.90 Å². The molecule has 1 atom stereocenters. The van der Waals surface area contributed by atoms with Gasteiger partial charge in [-0.2, -0.15) is 0 Å². The summed E-state index contributed by atoms with van der Waals surface area (Å²) in [5.74, 6) is -1.15. The first kappa shape index (κ1) is 13.0. The molecule has 1 unspecified atom stereocenters. The van der Waals surface area contributed by atoms with E-state index >= 15 is 0 Å². The quantitative estimate of drug-likeness (QED) is 0.846. The summed E-state index contributed by atoms with van der Waals surface area (Å²) < 4.78 is 0. The lowest BCUT2D eigenvalue weighted by Gasteiger charge is -2.22. The molecule has 88 valence electrons. The van der Waals surface area contributed by atoms with Gasteiger partial charge in [-0.15, -0.1) is 0 Å². The summed E-state index contributed by atoms with van der Waals surface area (Å²) in [6, 6.07) is 7.20. The number of hydrogen-bond donors (Lipinski definition) is 1. The molecule has 0 aliphatic heterocycles. The average molecular weight is 241 g/mol. The molecular weight excluding hydrogens is 224 g/mol. The fraction of sp³-hybridized carbons (Fsp3) is 0.462. The molecule has 0 heterocycles. The second-order valence-electron chi connectivity index (χ2n) is 3.91. The van der Waals surface area contributed by atoms with E-state index in [-0.39, 0.29) is 5.92 Å². The predicted octanol–water partition coefficient (Wildman–Crippen LogP) is 3.94. The van der Waals surface area contributed by atoms with Crippen molar-refractivity contribution < 1.29 is 9.90 Å². The Morgan fingerprint density at radius 2 is 1.88 bits per heavy atom. The average Bonchev–Trinajstić information content (AvgIpc) is 2.27.